The maximum Gasteiger partial charge on any atom is 0.269 e. The highest BCUT2D eigenvalue weighted by Gasteiger charge is 2.18. The number of fused-ring (bicyclic) bond motifs is 1. The number of rotatable bonds is 6. The third-order valence-corrected chi connectivity index (χ3v) is 5.22. The van der Waals surface area contributed by atoms with Crippen molar-refractivity contribution in [1.29, 1.82) is 0 Å². The fraction of sp³-hybridized carbons (Fsp3) is 0.125. The van der Waals surface area contributed by atoms with E-state index in [0.29, 0.717) is 39.6 Å². The van der Waals surface area contributed by atoms with E-state index >= 15 is 0 Å². The molecule has 0 saturated heterocycles. The lowest BCUT2D eigenvalue weighted by Gasteiger charge is -2.18. The molecule has 8 heteroatoms. The standard InChI is InChI=1S/C24H20N2O6/c1-30-19-10-8-17(9-11-19)25-23(27)13-16-12-21(31-2)22(32-3)14-20(16)24(25)15-4-6-18(7-5-15)26(28)29/h4-14H,1-3H3. The molecule has 1 heterocycles. The minimum atomic E-state index is -0.461. The summed E-state index contributed by atoms with van der Waals surface area (Å²) in [6.07, 6.45) is 0. The van der Waals surface area contributed by atoms with Crippen LogP contribution < -0.4 is 19.8 Å². The number of methoxy groups -OCH3 is 3. The predicted molar refractivity (Wildman–Crippen MR) is 121 cm³/mol. The molecule has 162 valence electrons. The molecule has 0 saturated carbocycles. The van der Waals surface area contributed by atoms with Gasteiger partial charge in [0.05, 0.1) is 31.9 Å². The van der Waals surface area contributed by atoms with Crippen molar-refractivity contribution in [2.24, 2.45) is 0 Å². The molecule has 0 fully saturated rings. The molecule has 0 unspecified atom stereocenters. The first kappa shape index (κ1) is 20.9. The van der Waals surface area contributed by atoms with Crippen molar-refractivity contribution < 1.29 is 19.1 Å². The summed E-state index contributed by atoms with van der Waals surface area (Å²) in [4.78, 5) is 23.9. The Labute approximate surface area is 183 Å². The lowest BCUT2D eigenvalue weighted by atomic mass is 10.0. The van der Waals surface area contributed by atoms with Gasteiger partial charge in [0.15, 0.2) is 11.5 Å². The van der Waals surface area contributed by atoms with Gasteiger partial charge < -0.3 is 14.2 Å². The Balaban J connectivity index is 2.09. The Morgan fingerprint density at radius 3 is 2.00 bits per heavy atom. The number of nitro groups is 1. The van der Waals surface area contributed by atoms with Crippen LogP contribution in [-0.2, 0) is 0 Å². The van der Waals surface area contributed by atoms with Gasteiger partial charge in [-0.25, -0.2) is 0 Å². The number of hydrogen-bond acceptors (Lipinski definition) is 6. The van der Waals surface area contributed by atoms with Crippen LogP contribution in [0.3, 0.4) is 0 Å². The summed E-state index contributed by atoms with van der Waals surface area (Å²) in [7, 11) is 4.63. The fourth-order valence-corrected chi connectivity index (χ4v) is 3.66. The average molecular weight is 432 g/mol. The van der Waals surface area contributed by atoms with Gasteiger partial charge in [0, 0.05) is 29.3 Å². The number of pyridine rings is 1. The third-order valence-electron chi connectivity index (χ3n) is 5.22. The second-order valence-corrected chi connectivity index (χ2v) is 6.96. The van der Waals surface area contributed by atoms with Crippen LogP contribution in [0, 0.1) is 10.1 Å². The lowest BCUT2D eigenvalue weighted by Crippen LogP contribution is -2.19. The molecule has 1 aromatic heterocycles. The zero-order valence-electron chi connectivity index (χ0n) is 17.7. The number of hydrogen-bond donors (Lipinski definition) is 0. The molecule has 0 bridgehead atoms. The highest BCUT2D eigenvalue weighted by molar-refractivity contribution is 5.97. The molecule has 0 spiro atoms. The first-order chi connectivity index (χ1) is 15.5. The number of benzene rings is 3. The Hall–Kier alpha value is -4.33. The SMILES string of the molecule is COc1ccc(-n2c(-c3ccc([N+](=O)[O-])cc3)c3cc(OC)c(OC)cc3cc2=O)cc1. The molecular weight excluding hydrogens is 412 g/mol. The maximum absolute atomic E-state index is 13.3. The monoisotopic (exact) mass is 432 g/mol. The van der Waals surface area contributed by atoms with Crippen molar-refractivity contribution in [1.82, 2.24) is 4.57 Å². The summed E-state index contributed by atoms with van der Waals surface area (Å²) in [5.74, 6) is 1.66. The normalized spacial score (nSPS) is 10.7. The van der Waals surface area contributed by atoms with E-state index in [-0.39, 0.29) is 11.2 Å². The summed E-state index contributed by atoms with van der Waals surface area (Å²) in [5.41, 5.74) is 1.55. The van der Waals surface area contributed by atoms with E-state index in [9.17, 15) is 14.9 Å². The Morgan fingerprint density at radius 1 is 0.812 bits per heavy atom. The van der Waals surface area contributed by atoms with Gasteiger partial charge in [-0.05, 0) is 59.5 Å². The van der Waals surface area contributed by atoms with E-state index in [1.165, 1.54) is 32.4 Å². The van der Waals surface area contributed by atoms with Crippen molar-refractivity contribution in [3.05, 3.63) is 87.2 Å². The van der Waals surface area contributed by atoms with Crippen LogP contribution in [0.1, 0.15) is 0 Å². The Kier molecular flexibility index (Phi) is 5.51. The zero-order valence-corrected chi connectivity index (χ0v) is 17.7. The molecule has 0 N–H and O–H groups in total. The second kappa shape index (κ2) is 8.43. The first-order valence-corrected chi connectivity index (χ1v) is 9.68. The smallest absolute Gasteiger partial charge is 0.269 e. The topological polar surface area (TPSA) is 92.8 Å². The van der Waals surface area contributed by atoms with Crippen molar-refractivity contribution in [3.8, 4) is 34.2 Å². The van der Waals surface area contributed by atoms with E-state index in [2.05, 4.69) is 0 Å². The highest BCUT2D eigenvalue weighted by Crippen LogP contribution is 2.37. The fourth-order valence-electron chi connectivity index (χ4n) is 3.66. The van der Waals surface area contributed by atoms with Crippen molar-refractivity contribution >= 4 is 16.5 Å². The first-order valence-electron chi connectivity index (χ1n) is 9.68. The van der Waals surface area contributed by atoms with Crippen LogP contribution in [0.2, 0.25) is 0 Å². The van der Waals surface area contributed by atoms with Crippen molar-refractivity contribution in [2.75, 3.05) is 21.3 Å². The molecule has 0 atom stereocenters. The maximum atomic E-state index is 13.3. The van der Waals surface area contributed by atoms with Crippen molar-refractivity contribution in [3.63, 3.8) is 0 Å². The van der Waals surface area contributed by atoms with E-state index in [0.717, 1.165) is 5.39 Å². The summed E-state index contributed by atoms with van der Waals surface area (Å²) in [5, 5.41) is 12.5. The molecule has 4 rings (SSSR count). The van der Waals surface area contributed by atoms with Gasteiger partial charge in [-0.1, -0.05) is 0 Å². The third kappa shape index (κ3) is 3.62. The van der Waals surface area contributed by atoms with Crippen LogP contribution in [0.4, 0.5) is 5.69 Å². The van der Waals surface area contributed by atoms with Crippen LogP contribution in [0.25, 0.3) is 27.7 Å². The molecule has 0 radical (unpaired) electrons. The molecule has 0 amide bonds. The molecule has 8 nitrogen and oxygen atoms in total. The summed E-state index contributed by atoms with van der Waals surface area (Å²) >= 11 is 0. The number of nitrogens with zero attached hydrogens (tertiary/aromatic N) is 2. The molecule has 32 heavy (non-hydrogen) atoms. The molecule has 0 aliphatic rings. The second-order valence-electron chi connectivity index (χ2n) is 6.96. The Bertz CT molecular complexity index is 1360. The van der Waals surface area contributed by atoms with Gasteiger partial charge in [0.1, 0.15) is 5.75 Å². The van der Waals surface area contributed by atoms with E-state index in [1.807, 2.05) is 0 Å². The van der Waals surface area contributed by atoms with Gasteiger partial charge in [0.2, 0.25) is 0 Å². The van der Waals surface area contributed by atoms with Crippen molar-refractivity contribution in [2.45, 2.75) is 0 Å². The van der Waals surface area contributed by atoms with E-state index in [1.54, 1.807) is 60.2 Å². The summed E-state index contributed by atoms with van der Waals surface area (Å²) in [6.45, 7) is 0. The van der Waals surface area contributed by atoms with E-state index < -0.39 is 4.92 Å². The van der Waals surface area contributed by atoms with Gasteiger partial charge in [0.25, 0.3) is 11.2 Å². The van der Waals surface area contributed by atoms with Gasteiger partial charge >= 0.3 is 0 Å². The highest BCUT2D eigenvalue weighted by atomic mass is 16.6. The molecular formula is C24H20N2O6. The summed E-state index contributed by atoms with van der Waals surface area (Å²) in [6, 6.07) is 18.2. The lowest BCUT2D eigenvalue weighted by molar-refractivity contribution is -0.384. The average Bonchev–Trinajstić information content (AvgIpc) is 2.82. The van der Waals surface area contributed by atoms with Gasteiger partial charge in [-0.3, -0.25) is 19.5 Å². The van der Waals surface area contributed by atoms with E-state index in [4.69, 9.17) is 14.2 Å². The van der Waals surface area contributed by atoms with Crippen LogP contribution >= 0.6 is 0 Å². The quantitative estimate of drug-likeness (QED) is 0.327. The number of non-ortho nitro benzene ring substituents is 1. The predicted octanol–water partition coefficient (Wildman–Crippen LogP) is 4.59. The minimum Gasteiger partial charge on any atom is -0.497 e. The molecule has 0 aliphatic carbocycles. The van der Waals surface area contributed by atoms with Crippen LogP contribution in [0.15, 0.2) is 71.5 Å². The zero-order chi connectivity index (χ0) is 22.8. The molecule has 4 aromatic rings. The van der Waals surface area contributed by atoms with Crippen LogP contribution in [0.5, 0.6) is 17.2 Å². The van der Waals surface area contributed by atoms with Crippen LogP contribution in [-0.4, -0.2) is 30.8 Å². The summed E-state index contributed by atoms with van der Waals surface area (Å²) < 4.78 is 17.7. The van der Waals surface area contributed by atoms with Gasteiger partial charge in [-0.15, -0.1) is 0 Å². The number of nitro benzene ring substituents is 1. The Morgan fingerprint density at radius 2 is 1.44 bits per heavy atom. The number of ether oxygens (including phenoxy) is 3. The minimum absolute atomic E-state index is 0.0356. The molecule has 0 aliphatic heterocycles. The number of aromatic nitrogens is 1. The largest absolute Gasteiger partial charge is 0.497 e. The van der Waals surface area contributed by atoms with Gasteiger partial charge in [-0.2, -0.15) is 0 Å². The molecule has 3 aromatic carbocycles.